The zero-order valence-electron chi connectivity index (χ0n) is 12.8. The van der Waals surface area contributed by atoms with Gasteiger partial charge in [0.2, 0.25) is 5.91 Å². The molecule has 122 valence electrons. The fraction of sp³-hybridized carbons (Fsp3) is 0.235. The van der Waals surface area contributed by atoms with E-state index >= 15 is 0 Å². The zero-order chi connectivity index (χ0) is 16.7. The number of thioether (sulfide) groups is 1. The molecule has 2 aromatic heterocycles. The molecule has 0 atom stereocenters. The lowest BCUT2D eigenvalue weighted by Crippen LogP contribution is -2.23. The number of hydrogen-bond donors (Lipinski definition) is 1. The zero-order valence-corrected chi connectivity index (χ0v) is 14.4. The van der Waals surface area contributed by atoms with Crippen molar-refractivity contribution >= 4 is 39.2 Å². The van der Waals surface area contributed by atoms with E-state index in [0.29, 0.717) is 11.1 Å². The van der Waals surface area contributed by atoms with Gasteiger partial charge in [0.25, 0.3) is 5.56 Å². The third-order valence-electron chi connectivity index (χ3n) is 3.98. The van der Waals surface area contributed by atoms with Crippen molar-refractivity contribution < 1.29 is 4.79 Å². The van der Waals surface area contributed by atoms with Gasteiger partial charge in [-0.25, -0.2) is 4.98 Å². The maximum atomic E-state index is 13.2. The summed E-state index contributed by atoms with van der Waals surface area (Å²) >= 11 is 2.69. The number of para-hydroxylation sites is 1. The van der Waals surface area contributed by atoms with Crippen LogP contribution in [0.5, 0.6) is 0 Å². The van der Waals surface area contributed by atoms with Crippen molar-refractivity contribution in [2.24, 2.45) is 5.73 Å². The monoisotopic (exact) mass is 357 g/mol. The molecule has 0 bridgehead atoms. The molecule has 3 aromatic rings. The van der Waals surface area contributed by atoms with Crippen LogP contribution in [0.15, 0.2) is 45.7 Å². The Kier molecular flexibility index (Phi) is 3.90. The molecule has 0 unspecified atom stereocenters. The molecule has 1 aliphatic carbocycles. The van der Waals surface area contributed by atoms with Crippen LogP contribution < -0.4 is 11.3 Å². The van der Waals surface area contributed by atoms with Crippen molar-refractivity contribution in [2.75, 3.05) is 5.75 Å². The minimum atomic E-state index is -0.432. The van der Waals surface area contributed by atoms with Crippen molar-refractivity contribution in [1.29, 1.82) is 0 Å². The Morgan fingerprint density at radius 3 is 2.75 bits per heavy atom. The van der Waals surface area contributed by atoms with Gasteiger partial charge in [-0.15, -0.1) is 11.3 Å². The molecule has 2 N–H and O–H groups in total. The normalized spacial score (nSPS) is 14.2. The van der Waals surface area contributed by atoms with Crippen LogP contribution in [-0.2, 0) is 4.79 Å². The van der Waals surface area contributed by atoms with Gasteiger partial charge in [-0.3, -0.25) is 14.2 Å². The quantitative estimate of drug-likeness (QED) is 0.562. The van der Waals surface area contributed by atoms with Gasteiger partial charge in [-0.1, -0.05) is 30.0 Å². The van der Waals surface area contributed by atoms with Gasteiger partial charge < -0.3 is 5.73 Å². The molecular weight excluding hydrogens is 342 g/mol. The summed E-state index contributed by atoms with van der Waals surface area (Å²) in [5.74, 6) is 0.145. The highest BCUT2D eigenvalue weighted by atomic mass is 32.2. The lowest BCUT2D eigenvalue weighted by Gasteiger charge is -2.11. The summed E-state index contributed by atoms with van der Waals surface area (Å²) < 4.78 is 1.59. The predicted octanol–water partition coefficient (Wildman–Crippen LogP) is 2.90. The molecular formula is C17H15N3O2S2. The molecule has 0 aliphatic heterocycles. The average Bonchev–Trinajstić information content (AvgIpc) is 3.33. The molecule has 4 rings (SSSR count). The second-order valence-corrected chi connectivity index (χ2v) is 7.57. The molecule has 0 spiro atoms. The summed E-state index contributed by atoms with van der Waals surface area (Å²) in [7, 11) is 0. The van der Waals surface area contributed by atoms with Gasteiger partial charge in [0.15, 0.2) is 5.16 Å². The Hall–Kier alpha value is -2.12. The second kappa shape index (κ2) is 6.07. The second-order valence-electron chi connectivity index (χ2n) is 5.77. The van der Waals surface area contributed by atoms with E-state index in [0.717, 1.165) is 34.3 Å². The van der Waals surface area contributed by atoms with Gasteiger partial charge in [0.1, 0.15) is 4.83 Å². The number of thiophene rings is 1. The van der Waals surface area contributed by atoms with E-state index in [4.69, 9.17) is 5.73 Å². The number of nitrogens with two attached hydrogens (primary N) is 1. The summed E-state index contributed by atoms with van der Waals surface area (Å²) in [4.78, 5) is 29.8. The number of amides is 1. The minimum Gasteiger partial charge on any atom is -0.369 e. The Labute approximate surface area is 146 Å². The van der Waals surface area contributed by atoms with Gasteiger partial charge in [-0.2, -0.15) is 0 Å². The summed E-state index contributed by atoms with van der Waals surface area (Å²) in [6.07, 6.45) is 2.27. The van der Waals surface area contributed by atoms with Gasteiger partial charge in [0, 0.05) is 0 Å². The number of hydrogen-bond acceptors (Lipinski definition) is 5. The van der Waals surface area contributed by atoms with E-state index in [1.54, 1.807) is 4.57 Å². The number of carbonyl (C=O) groups excluding carboxylic acids is 1. The fourth-order valence-electron chi connectivity index (χ4n) is 2.73. The molecule has 1 aromatic carbocycles. The first kappa shape index (κ1) is 15.4. The number of aromatic nitrogens is 2. The van der Waals surface area contributed by atoms with Crippen LogP contribution in [-0.4, -0.2) is 21.2 Å². The van der Waals surface area contributed by atoms with Crippen LogP contribution in [0.25, 0.3) is 15.9 Å². The smallest absolute Gasteiger partial charge is 0.267 e. The number of benzene rings is 1. The highest BCUT2D eigenvalue weighted by molar-refractivity contribution is 7.99. The highest BCUT2D eigenvalue weighted by Gasteiger charge is 2.29. The topological polar surface area (TPSA) is 78.0 Å². The third-order valence-corrected chi connectivity index (χ3v) is 5.83. The van der Waals surface area contributed by atoms with Crippen LogP contribution in [0.4, 0.5) is 0 Å². The maximum Gasteiger partial charge on any atom is 0.267 e. The number of primary amides is 1. The van der Waals surface area contributed by atoms with Gasteiger partial charge >= 0.3 is 0 Å². The Balaban J connectivity index is 1.95. The SMILES string of the molecule is NC(=O)CSc1nc2scc(C3CC3)c2c(=O)n1-c1ccccc1. The molecule has 1 amide bonds. The largest absolute Gasteiger partial charge is 0.369 e. The molecule has 7 heteroatoms. The van der Waals surface area contributed by atoms with Crippen molar-refractivity contribution in [3.63, 3.8) is 0 Å². The lowest BCUT2D eigenvalue weighted by molar-refractivity contribution is -0.115. The number of fused-ring (bicyclic) bond motifs is 1. The van der Waals surface area contributed by atoms with Crippen molar-refractivity contribution in [3.8, 4) is 5.69 Å². The minimum absolute atomic E-state index is 0.0682. The van der Waals surface area contributed by atoms with E-state index in [1.807, 2.05) is 30.3 Å². The molecule has 2 heterocycles. The Morgan fingerprint density at radius 1 is 1.33 bits per heavy atom. The first-order chi connectivity index (χ1) is 11.6. The van der Waals surface area contributed by atoms with Gasteiger partial charge in [0.05, 0.1) is 16.8 Å². The molecule has 0 saturated heterocycles. The van der Waals surface area contributed by atoms with Crippen molar-refractivity contribution in [3.05, 3.63) is 51.6 Å². The standard InChI is InChI=1S/C17H15N3O2S2/c18-13(21)9-24-17-19-15-14(12(8-23-15)10-6-7-10)16(22)20(17)11-4-2-1-3-5-11/h1-5,8,10H,6-7,9H2,(H2,18,21). The number of carbonyl (C=O) groups is 1. The van der Waals surface area contributed by atoms with E-state index in [-0.39, 0.29) is 11.3 Å². The van der Waals surface area contributed by atoms with Crippen LogP contribution in [0.3, 0.4) is 0 Å². The predicted molar refractivity (Wildman–Crippen MR) is 97.1 cm³/mol. The lowest BCUT2D eigenvalue weighted by atomic mass is 10.1. The molecule has 24 heavy (non-hydrogen) atoms. The number of nitrogens with zero attached hydrogens (tertiary/aromatic N) is 2. The van der Waals surface area contributed by atoms with Crippen molar-refractivity contribution in [1.82, 2.24) is 9.55 Å². The molecule has 1 aliphatic rings. The van der Waals surface area contributed by atoms with Crippen molar-refractivity contribution in [2.45, 2.75) is 23.9 Å². The first-order valence-corrected chi connectivity index (χ1v) is 9.52. The third kappa shape index (κ3) is 2.74. The van der Waals surface area contributed by atoms with Crippen LogP contribution in [0.1, 0.15) is 24.3 Å². The average molecular weight is 357 g/mol. The summed E-state index contributed by atoms with van der Waals surface area (Å²) in [5.41, 5.74) is 7.05. The van der Waals surface area contributed by atoms with E-state index in [9.17, 15) is 9.59 Å². The van der Waals surface area contributed by atoms with Gasteiger partial charge in [-0.05, 0) is 41.8 Å². The van der Waals surface area contributed by atoms with Crippen LogP contribution in [0, 0.1) is 0 Å². The number of rotatable bonds is 5. The van der Waals surface area contributed by atoms with E-state index in [1.165, 1.54) is 23.1 Å². The van der Waals surface area contributed by atoms with E-state index < -0.39 is 5.91 Å². The van der Waals surface area contributed by atoms with E-state index in [2.05, 4.69) is 10.4 Å². The molecule has 0 radical (unpaired) electrons. The summed E-state index contributed by atoms with van der Waals surface area (Å²) in [6.45, 7) is 0. The maximum absolute atomic E-state index is 13.2. The highest BCUT2D eigenvalue weighted by Crippen LogP contribution is 2.44. The summed E-state index contributed by atoms with van der Waals surface area (Å²) in [5, 5.41) is 3.27. The summed E-state index contributed by atoms with van der Waals surface area (Å²) in [6, 6.07) is 9.39. The first-order valence-electron chi connectivity index (χ1n) is 7.66. The van der Waals surface area contributed by atoms with Crippen LogP contribution >= 0.6 is 23.1 Å². The molecule has 1 saturated carbocycles. The molecule has 5 nitrogen and oxygen atoms in total. The fourth-order valence-corrected chi connectivity index (χ4v) is 4.54. The van der Waals surface area contributed by atoms with Crippen LogP contribution in [0.2, 0.25) is 0 Å². The Bertz CT molecular complexity index is 975. The Morgan fingerprint density at radius 2 is 2.08 bits per heavy atom. The molecule has 1 fully saturated rings.